The zero-order valence-electron chi connectivity index (χ0n) is 15.7. The molecule has 1 aliphatic heterocycles. The van der Waals surface area contributed by atoms with E-state index in [1.54, 1.807) is 7.05 Å². The van der Waals surface area contributed by atoms with Crippen molar-refractivity contribution < 1.29 is 13.2 Å². The second-order valence-corrected chi connectivity index (χ2v) is 6.76. The monoisotopic (exact) mass is 510 g/mol. The van der Waals surface area contributed by atoms with E-state index in [9.17, 15) is 13.2 Å². The summed E-state index contributed by atoms with van der Waals surface area (Å²) in [7, 11) is 1.67. The first-order chi connectivity index (χ1) is 12.9. The smallest absolute Gasteiger partial charge is 0.356 e. The molecule has 1 unspecified atom stereocenters. The molecule has 0 bridgehead atoms. The summed E-state index contributed by atoms with van der Waals surface area (Å²) in [6.45, 7) is 1.51. The van der Waals surface area contributed by atoms with Crippen LogP contribution in [0.5, 0.6) is 0 Å². The summed E-state index contributed by atoms with van der Waals surface area (Å²) >= 11 is 0. The van der Waals surface area contributed by atoms with E-state index in [1.165, 1.54) is 4.90 Å². The molecule has 156 valence electrons. The molecule has 1 aromatic carbocycles. The number of hydrogen-bond donors (Lipinski definition) is 2. The molecule has 2 N–H and O–H groups in total. The van der Waals surface area contributed by atoms with Crippen LogP contribution in [0, 0.1) is 0 Å². The molecule has 0 radical (unpaired) electrons. The van der Waals surface area contributed by atoms with Crippen LogP contribution in [0.3, 0.4) is 0 Å². The molecule has 1 aromatic heterocycles. The second kappa shape index (κ2) is 10.3. The molecular weight excluding hydrogens is 484 g/mol. The van der Waals surface area contributed by atoms with Crippen molar-refractivity contribution in [2.45, 2.75) is 31.6 Å². The lowest BCUT2D eigenvalue weighted by molar-refractivity contribution is -0.143. The van der Waals surface area contributed by atoms with E-state index in [-0.39, 0.29) is 30.0 Å². The summed E-state index contributed by atoms with van der Waals surface area (Å²) < 4.78 is 39.5. The topological polar surface area (TPSA) is 57.5 Å². The number of aromatic nitrogens is 2. The van der Waals surface area contributed by atoms with Gasteiger partial charge < -0.3 is 15.2 Å². The van der Waals surface area contributed by atoms with Gasteiger partial charge in [-0.05, 0) is 25.0 Å². The van der Waals surface area contributed by atoms with Crippen LogP contribution in [0.25, 0.3) is 11.0 Å². The highest BCUT2D eigenvalue weighted by atomic mass is 127. The number of alkyl halides is 3. The maximum absolute atomic E-state index is 12.5. The van der Waals surface area contributed by atoms with Gasteiger partial charge in [-0.2, -0.15) is 13.2 Å². The Bertz CT molecular complexity index is 776. The van der Waals surface area contributed by atoms with Crippen molar-refractivity contribution >= 4 is 41.0 Å². The van der Waals surface area contributed by atoms with Crippen molar-refractivity contribution in [1.82, 2.24) is 25.1 Å². The number of para-hydroxylation sites is 2. The van der Waals surface area contributed by atoms with Gasteiger partial charge in [-0.25, -0.2) is 4.98 Å². The molecule has 2 heterocycles. The molecule has 0 spiro atoms. The van der Waals surface area contributed by atoms with Gasteiger partial charge in [-0.15, -0.1) is 24.0 Å². The fraction of sp³-hybridized carbons (Fsp3) is 0.556. The molecule has 1 aliphatic rings. The zero-order valence-corrected chi connectivity index (χ0v) is 18.1. The van der Waals surface area contributed by atoms with Gasteiger partial charge in [0.15, 0.2) is 5.96 Å². The van der Waals surface area contributed by atoms with Crippen LogP contribution < -0.4 is 10.6 Å². The average Bonchev–Trinajstić information content (AvgIpc) is 3.23. The third-order valence-corrected chi connectivity index (χ3v) is 4.64. The van der Waals surface area contributed by atoms with E-state index < -0.39 is 12.7 Å². The number of hydrogen-bond acceptors (Lipinski definition) is 3. The minimum Gasteiger partial charge on any atom is -0.356 e. The van der Waals surface area contributed by atoms with Crippen molar-refractivity contribution in [2.75, 3.05) is 33.2 Å². The Morgan fingerprint density at radius 2 is 2.11 bits per heavy atom. The Kier molecular flexibility index (Phi) is 8.35. The quantitative estimate of drug-likeness (QED) is 0.272. The van der Waals surface area contributed by atoms with Crippen LogP contribution in [0.15, 0.2) is 35.6 Å². The number of imidazole rings is 1. The van der Waals surface area contributed by atoms with Crippen LogP contribution in [-0.4, -0.2) is 65.9 Å². The van der Waals surface area contributed by atoms with Crippen LogP contribution >= 0.6 is 24.0 Å². The van der Waals surface area contributed by atoms with Crippen LogP contribution in [0.1, 0.15) is 12.8 Å². The number of aryl methyl sites for hydroxylation is 1. The Morgan fingerprint density at radius 3 is 2.86 bits per heavy atom. The predicted octanol–water partition coefficient (Wildman–Crippen LogP) is 2.85. The van der Waals surface area contributed by atoms with E-state index in [0.29, 0.717) is 32.0 Å². The molecule has 1 fully saturated rings. The van der Waals surface area contributed by atoms with Crippen LogP contribution in [-0.2, 0) is 6.54 Å². The molecule has 0 aliphatic carbocycles. The summed E-state index contributed by atoms with van der Waals surface area (Å²) in [5.41, 5.74) is 2.09. The molecule has 10 heteroatoms. The summed E-state index contributed by atoms with van der Waals surface area (Å²) in [6, 6.07) is 7.98. The zero-order chi connectivity index (χ0) is 19.3. The highest BCUT2D eigenvalue weighted by molar-refractivity contribution is 14.0. The van der Waals surface area contributed by atoms with Gasteiger partial charge in [0.05, 0.1) is 23.9 Å². The van der Waals surface area contributed by atoms with Crippen LogP contribution in [0.4, 0.5) is 13.2 Å². The Morgan fingerprint density at radius 1 is 1.32 bits per heavy atom. The summed E-state index contributed by atoms with van der Waals surface area (Å²) in [6.07, 6.45) is -0.748. The summed E-state index contributed by atoms with van der Waals surface area (Å²) in [4.78, 5) is 9.97. The molecule has 2 aromatic rings. The lowest BCUT2D eigenvalue weighted by Crippen LogP contribution is -2.45. The van der Waals surface area contributed by atoms with Gasteiger partial charge in [0.2, 0.25) is 0 Å². The van der Waals surface area contributed by atoms with Gasteiger partial charge in [-0.1, -0.05) is 12.1 Å². The molecule has 6 nitrogen and oxygen atoms in total. The van der Waals surface area contributed by atoms with E-state index in [2.05, 4.69) is 25.2 Å². The first-order valence-corrected chi connectivity index (χ1v) is 9.11. The lowest BCUT2D eigenvalue weighted by Gasteiger charge is -2.19. The first-order valence-electron chi connectivity index (χ1n) is 9.11. The average molecular weight is 510 g/mol. The fourth-order valence-electron chi connectivity index (χ4n) is 3.38. The molecule has 0 amide bonds. The van der Waals surface area contributed by atoms with Crippen molar-refractivity contribution in [3.8, 4) is 0 Å². The van der Waals surface area contributed by atoms with E-state index >= 15 is 0 Å². The van der Waals surface area contributed by atoms with Crippen molar-refractivity contribution in [1.29, 1.82) is 0 Å². The number of likely N-dealkylation sites (tertiary alicyclic amines) is 1. The Hall–Kier alpha value is -1.56. The van der Waals surface area contributed by atoms with Crippen molar-refractivity contribution in [2.24, 2.45) is 4.99 Å². The molecular formula is C18H26F3IN6. The Balaban J connectivity index is 0.00000280. The van der Waals surface area contributed by atoms with Gasteiger partial charge in [0, 0.05) is 39.3 Å². The van der Waals surface area contributed by atoms with E-state index in [1.807, 2.05) is 30.6 Å². The van der Waals surface area contributed by atoms with Crippen LogP contribution in [0.2, 0.25) is 0 Å². The molecule has 1 saturated heterocycles. The number of fused-ring (bicyclic) bond motifs is 1. The molecule has 3 rings (SSSR count). The highest BCUT2D eigenvalue weighted by Gasteiger charge is 2.34. The third kappa shape index (κ3) is 6.50. The maximum Gasteiger partial charge on any atom is 0.401 e. The van der Waals surface area contributed by atoms with Gasteiger partial charge in [0.25, 0.3) is 0 Å². The number of benzene rings is 1. The largest absolute Gasteiger partial charge is 0.401 e. The SMILES string of the molecule is CN=C(NCCCn1cnc2ccccc21)NC1CCN(CC(F)(F)F)C1.I. The van der Waals surface area contributed by atoms with Gasteiger partial charge in [0.1, 0.15) is 0 Å². The first kappa shape index (κ1) is 22.7. The van der Waals surface area contributed by atoms with Crippen molar-refractivity contribution in [3.05, 3.63) is 30.6 Å². The maximum atomic E-state index is 12.5. The number of nitrogens with one attached hydrogen (secondary N) is 2. The highest BCUT2D eigenvalue weighted by Crippen LogP contribution is 2.19. The number of guanidine groups is 1. The minimum absolute atomic E-state index is 0. The normalized spacial score (nSPS) is 18.3. The third-order valence-electron chi connectivity index (χ3n) is 4.64. The lowest BCUT2D eigenvalue weighted by atomic mass is 10.3. The molecule has 28 heavy (non-hydrogen) atoms. The fourth-order valence-corrected chi connectivity index (χ4v) is 3.38. The van der Waals surface area contributed by atoms with E-state index in [0.717, 1.165) is 24.0 Å². The number of rotatable bonds is 6. The summed E-state index contributed by atoms with van der Waals surface area (Å²) in [5.74, 6) is 0.629. The second-order valence-electron chi connectivity index (χ2n) is 6.76. The van der Waals surface area contributed by atoms with Crippen molar-refractivity contribution in [3.63, 3.8) is 0 Å². The minimum atomic E-state index is -4.15. The number of nitrogens with zero attached hydrogens (tertiary/aromatic N) is 4. The number of aliphatic imine (C=N–C) groups is 1. The van der Waals surface area contributed by atoms with E-state index in [4.69, 9.17) is 0 Å². The number of halogens is 4. The molecule has 0 saturated carbocycles. The Labute approximate surface area is 179 Å². The van der Waals surface area contributed by atoms with Gasteiger partial charge >= 0.3 is 6.18 Å². The standard InChI is InChI=1S/C18H25F3N6.HI/c1-22-17(25-14-7-10-26(11-14)12-18(19,20)21)23-8-4-9-27-13-24-15-5-2-3-6-16(15)27;/h2-3,5-6,13-14H,4,7-12H2,1H3,(H2,22,23,25);1H. The predicted molar refractivity (Wildman–Crippen MR) is 115 cm³/mol. The molecule has 1 atom stereocenters. The van der Waals surface area contributed by atoms with Gasteiger partial charge in [-0.3, -0.25) is 9.89 Å². The summed E-state index contributed by atoms with van der Waals surface area (Å²) in [5, 5.41) is 6.45.